The summed E-state index contributed by atoms with van der Waals surface area (Å²) in [6, 6.07) is 12.8. The van der Waals surface area contributed by atoms with E-state index in [0.29, 0.717) is 12.0 Å². The molecule has 2 aromatic rings. The number of aliphatic carboxylic acids is 1. The molecule has 0 fully saturated rings. The number of amides is 4. The predicted octanol–water partition coefficient (Wildman–Crippen LogP) is 1.59. The number of benzene rings is 2. The molecule has 0 aliphatic rings. The van der Waals surface area contributed by atoms with Gasteiger partial charge in [-0.1, -0.05) is 44.2 Å². The largest absolute Gasteiger partial charge is 0.481 e. The Hall–Kier alpha value is -4.54. The van der Waals surface area contributed by atoms with Crippen LogP contribution in [0.15, 0.2) is 54.6 Å². The highest BCUT2D eigenvalue weighted by atomic mass is 16.4. The zero-order valence-electron chi connectivity index (χ0n) is 21.5. The van der Waals surface area contributed by atoms with Crippen LogP contribution in [0.2, 0.25) is 0 Å². The van der Waals surface area contributed by atoms with Crippen LogP contribution in [0, 0.1) is 5.92 Å². The minimum Gasteiger partial charge on any atom is -0.481 e. The molecule has 11 nitrogen and oxygen atoms in total. The van der Waals surface area contributed by atoms with E-state index in [1.54, 1.807) is 56.3 Å². The first kappa shape index (κ1) is 29.7. The molecule has 0 heterocycles. The van der Waals surface area contributed by atoms with E-state index in [4.69, 9.17) is 5.11 Å². The van der Waals surface area contributed by atoms with Gasteiger partial charge in [-0.3, -0.25) is 24.0 Å². The number of carbonyl (C=O) groups is 6. The Bertz CT molecular complexity index is 1150. The summed E-state index contributed by atoms with van der Waals surface area (Å²) >= 11 is 0. The van der Waals surface area contributed by atoms with E-state index in [1.165, 1.54) is 24.0 Å². The van der Waals surface area contributed by atoms with Crippen molar-refractivity contribution in [2.45, 2.75) is 45.8 Å². The van der Waals surface area contributed by atoms with Crippen molar-refractivity contribution in [2.75, 3.05) is 11.9 Å². The van der Waals surface area contributed by atoms with Crippen LogP contribution in [0.4, 0.5) is 5.69 Å². The van der Waals surface area contributed by atoms with Gasteiger partial charge in [0.15, 0.2) is 0 Å². The Labute approximate surface area is 220 Å². The zero-order valence-corrected chi connectivity index (χ0v) is 21.5. The number of rotatable bonds is 13. The van der Waals surface area contributed by atoms with E-state index in [-0.39, 0.29) is 23.9 Å². The van der Waals surface area contributed by atoms with Gasteiger partial charge in [0.05, 0.1) is 19.0 Å². The fraction of sp³-hybridized carbons (Fsp3) is 0.333. The average molecular weight is 525 g/mol. The first-order chi connectivity index (χ1) is 18.0. The Balaban J connectivity index is 2.23. The van der Waals surface area contributed by atoms with Gasteiger partial charge < -0.3 is 30.8 Å². The van der Waals surface area contributed by atoms with Gasteiger partial charge >= 0.3 is 5.97 Å². The number of nitrogens with zero attached hydrogens (tertiary/aromatic N) is 1. The van der Waals surface area contributed by atoms with Gasteiger partial charge in [-0.2, -0.15) is 0 Å². The van der Waals surface area contributed by atoms with Crippen molar-refractivity contribution in [1.29, 1.82) is 0 Å². The number of carbonyl (C=O) groups excluding carboxylic acids is 5. The minimum atomic E-state index is -1.26. The molecule has 202 valence electrons. The predicted molar refractivity (Wildman–Crippen MR) is 139 cm³/mol. The number of hydrogen-bond donors (Lipinski definition) is 4. The maximum Gasteiger partial charge on any atom is 0.305 e. The molecule has 38 heavy (non-hydrogen) atoms. The summed E-state index contributed by atoms with van der Waals surface area (Å²) in [6.45, 7) is 4.45. The monoisotopic (exact) mass is 524 g/mol. The lowest BCUT2D eigenvalue weighted by Gasteiger charge is -2.30. The van der Waals surface area contributed by atoms with Crippen molar-refractivity contribution < 1.29 is 33.9 Å². The number of anilines is 1. The molecule has 2 rings (SSSR count). The van der Waals surface area contributed by atoms with Crippen LogP contribution in [0.25, 0.3) is 0 Å². The van der Waals surface area contributed by atoms with Crippen LogP contribution in [0.3, 0.4) is 0 Å². The van der Waals surface area contributed by atoms with E-state index in [2.05, 4.69) is 16.0 Å². The van der Waals surface area contributed by atoms with Crippen molar-refractivity contribution in [2.24, 2.45) is 5.92 Å². The van der Waals surface area contributed by atoms with E-state index in [1.807, 2.05) is 0 Å². The molecular weight excluding hydrogens is 492 g/mol. The van der Waals surface area contributed by atoms with Crippen LogP contribution in [-0.2, 0) is 30.5 Å². The highest BCUT2D eigenvalue weighted by Gasteiger charge is 2.31. The molecule has 4 amide bonds. The van der Waals surface area contributed by atoms with Crippen LogP contribution in [0.1, 0.15) is 43.1 Å². The number of carboxylic acid groups (broad SMARTS) is 1. The fourth-order valence-electron chi connectivity index (χ4n) is 3.61. The average Bonchev–Trinajstić information content (AvgIpc) is 2.86. The summed E-state index contributed by atoms with van der Waals surface area (Å²) < 4.78 is 0. The Morgan fingerprint density at radius 3 is 2.11 bits per heavy atom. The minimum absolute atomic E-state index is 0.0439. The van der Waals surface area contributed by atoms with E-state index < -0.39 is 48.7 Å². The third-order valence-electron chi connectivity index (χ3n) is 5.45. The molecule has 0 saturated carbocycles. The van der Waals surface area contributed by atoms with Gasteiger partial charge in [-0.15, -0.1) is 0 Å². The lowest BCUT2D eigenvalue weighted by molar-refractivity contribution is -0.141. The SMILES string of the molecule is CC(=O)Nc1ccc(C(=O)N[C@H](C(=O)N(CC(=O)N[C@H](C=O)CC(=O)O)Cc2ccccc2)C(C)C)cc1. The maximum atomic E-state index is 13.6. The zero-order chi connectivity index (χ0) is 28.2. The second-order valence-electron chi connectivity index (χ2n) is 9.04. The molecule has 0 spiro atoms. The molecule has 2 aromatic carbocycles. The summed E-state index contributed by atoms with van der Waals surface area (Å²) in [4.78, 5) is 73.8. The summed E-state index contributed by atoms with van der Waals surface area (Å²) in [5.74, 6) is -3.61. The number of carboxylic acids is 1. The van der Waals surface area contributed by atoms with E-state index in [9.17, 15) is 28.8 Å². The molecule has 0 bridgehead atoms. The van der Waals surface area contributed by atoms with Crippen LogP contribution < -0.4 is 16.0 Å². The first-order valence-corrected chi connectivity index (χ1v) is 12.0. The summed E-state index contributed by atoms with van der Waals surface area (Å²) in [5, 5.41) is 16.6. The molecule has 0 aliphatic carbocycles. The second kappa shape index (κ2) is 14.3. The Morgan fingerprint density at radius 1 is 0.947 bits per heavy atom. The molecule has 2 atom stereocenters. The van der Waals surface area contributed by atoms with Crippen molar-refractivity contribution in [3.63, 3.8) is 0 Å². The van der Waals surface area contributed by atoms with E-state index in [0.717, 1.165) is 5.56 Å². The quantitative estimate of drug-likeness (QED) is 0.289. The normalized spacial score (nSPS) is 12.1. The smallest absolute Gasteiger partial charge is 0.305 e. The van der Waals surface area contributed by atoms with Crippen molar-refractivity contribution in [3.05, 3.63) is 65.7 Å². The molecule has 0 aromatic heterocycles. The molecule has 0 aliphatic heterocycles. The molecule has 4 N–H and O–H groups in total. The van der Waals surface area contributed by atoms with Crippen molar-refractivity contribution >= 4 is 41.6 Å². The standard InChI is InChI=1S/C27H32N4O7/c1-17(2)25(30-26(37)20-9-11-21(12-10-20)28-18(3)33)27(38)31(14-19-7-5-4-6-8-19)15-23(34)29-22(16-32)13-24(35)36/h4-12,16-17,22,25H,13-15H2,1-3H3,(H,28,33)(H,29,34)(H,30,37)(H,35,36)/t22-,25-/m0/s1. The van der Waals surface area contributed by atoms with Crippen LogP contribution in [0.5, 0.6) is 0 Å². The van der Waals surface area contributed by atoms with Gasteiger partial charge in [0.1, 0.15) is 12.3 Å². The lowest BCUT2D eigenvalue weighted by Crippen LogP contribution is -2.53. The maximum absolute atomic E-state index is 13.6. The van der Waals surface area contributed by atoms with Gasteiger partial charge in [0, 0.05) is 24.7 Å². The van der Waals surface area contributed by atoms with Crippen molar-refractivity contribution in [1.82, 2.24) is 15.5 Å². The third-order valence-corrected chi connectivity index (χ3v) is 5.45. The first-order valence-electron chi connectivity index (χ1n) is 12.0. The molecule has 0 unspecified atom stereocenters. The fourth-order valence-corrected chi connectivity index (χ4v) is 3.61. The molecule has 0 radical (unpaired) electrons. The highest BCUT2D eigenvalue weighted by molar-refractivity contribution is 5.99. The van der Waals surface area contributed by atoms with Gasteiger partial charge in [0.2, 0.25) is 17.7 Å². The number of aldehydes is 1. The van der Waals surface area contributed by atoms with Crippen molar-refractivity contribution in [3.8, 4) is 0 Å². The molecule has 11 heteroatoms. The van der Waals surface area contributed by atoms with Gasteiger partial charge in [-0.05, 0) is 35.7 Å². The van der Waals surface area contributed by atoms with Crippen LogP contribution >= 0.6 is 0 Å². The number of nitrogens with one attached hydrogen (secondary N) is 3. The lowest BCUT2D eigenvalue weighted by atomic mass is 10.0. The summed E-state index contributed by atoms with van der Waals surface area (Å²) in [5.41, 5.74) is 1.52. The summed E-state index contributed by atoms with van der Waals surface area (Å²) in [6.07, 6.45) is -0.267. The third kappa shape index (κ3) is 9.49. The van der Waals surface area contributed by atoms with Crippen LogP contribution in [-0.4, -0.2) is 64.5 Å². The molecule has 0 saturated heterocycles. The number of hydrogen-bond acceptors (Lipinski definition) is 6. The molecular formula is C27H32N4O7. The second-order valence-corrected chi connectivity index (χ2v) is 9.04. The van der Waals surface area contributed by atoms with Gasteiger partial charge in [0.25, 0.3) is 5.91 Å². The highest BCUT2D eigenvalue weighted by Crippen LogP contribution is 2.14. The Kier molecular flexibility index (Phi) is 11.1. The topological polar surface area (TPSA) is 162 Å². The summed E-state index contributed by atoms with van der Waals surface area (Å²) in [7, 11) is 0. The van der Waals surface area contributed by atoms with E-state index >= 15 is 0 Å². The van der Waals surface area contributed by atoms with Gasteiger partial charge in [-0.25, -0.2) is 0 Å². The Morgan fingerprint density at radius 2 is 1.58 bits per heavy atom.